The van der Waals surface area contributed by atoms with E-state index < -0.39 is 17.7 Å². The van der Waals surface area contributed by atoms with Gasteiger partial charge in [-0.25, -0.2) is 0 Å². The van der Waals surface area contributed by atoms with Gasteiger partial charge < -0.3 is 24.4 Å². The number of amides is 1. The van der Waals surface area contributed by atoms with E-state index >= 15 is 0 Å². The minimum atomic E-state index is -0.679. The summed E-state index contributed by atoms with van der Waals surface area (Å²) >= 11 is 1.45. The van der Waals surface area contributed by atoms with E-state index in [0.29, 0.717) is 36.8 Å². The molecule has 1 aromatic carbocycles. The number of hydrogen-bond acceptors (Lipinski definition) is 7. The summed E-state index contributed by atoms with van der Waals surface area (Å²) in [7, 11) is 3.93. The SMILES string of the molecule is CCOc1ccc(/C(O)=C2/C(=O)C(=O)N(CCCN(C)C)C2c2cccs2)c(OCC)c1. The van der Waals surface area contributed by atoms with Gasteiger partial charge in [0, 0.05) is 17.5 Å². The van der Waals surface area contributed by atoms with E-state index in [9.17, 15) is 14.7 Å². The van der Waals surface area contributed by atoms with Gasteiger partial charge in [0.05, 0.1) is 30.4 Å². The lowest BCUT2D eigenvalue weighted by Crippen LogP contribution is -2.32. The highest BCUT2D eigenvalue weighted by Gasteiger charge is 2.46. The van der Waals surface area contributed by atoms with Gasteiger partial charge in [-0.05, 0) is 64.5 Å². The number of hydrogen-bond donors (Lipinski definition) is 1. The van der Waals surface area contributed by atoms with Crippen LogP contribution in [0, 0.1) is 0 Å². The van der Waals surface area contributed by atoms with Crippen molar-refractivity contribution in [3.05, 3.63) is 51.7 Å². The van der Waals surface area contributed by atoms with Gasteiger partial charge in [-0.1, -0.05) is 6.07 Å². The Morgan fingerprint density at radius 1 is 1.16 bits per heavy atom. The Labute approximate surface area is 192 Å². The second kappa shape index (κ2) is 10.7. The minimum Gasteiger partial charge on any atom is -0.507 e. The van der Waals surface area contributed by atoms with E-state index in [1.807, 2.05) is 50.4 Å². The molecule has 0 spiro atoms. The van der Waals surface area contributed by atoms with Crippen molar-refractivity contribution in [2.75, 3.05) is 40.4 Å². The third-order valence-corrected chi connectivity index (χ3v) is 6.10. The molecule has 1 N–H and O–H groups in total. The lowest BCUT2D eigenvalue weighted by molar-refractivity contribution is -0.139. The number of ether oxygens (including phenoxy) is 2. The van der Waals surface area contributed by atoms with Crippen LogP contribution in [-0.2, 0) is 9.59 Å². The van der Waals surface area contributed by atoms with Crippen molar-refractivity contribution < 1.29 is 24.2 Å². The summed E-state index contributed by atoms with van der Waals surface area (Å²) in [6, 6.07) is 8.20. The zero-order chi connectivity index (χ0) is 23.3. The Bertz CT molecular complexity index is 984. The van der Waals surface area contributed by atoms with Crippen LogP contribution in [-0.4, -0.2) is 67.0 Å². The molecule has 0 bridgehead atoms. The van der Waals surface area contributed by atoms with E-state index in [1.54, 1.807) is 23.1 Å². The topological polar surface area (TPSA) is 79.3 Å². The van der Waals surface area contributed by atoms with Crippen molar-refractivity contribution >= 4 is 28.8 Å². The third kappa shape index (κ3) is 4.97. The van der Waals surface area contributed by atoms with E-state index in [0.717, 1.165) is 17.8 Å². The Balaban J connectivity index is 2.08. The Morgan fingerprint density at radius 2 is 1.91 bits per heavy atom. The highest BCUT2D eigenvalue weighted by atomic mass is 32.1. The van der Waals surface area contributed by atoms with Crippen molar-refractivity contribution in [3.8, 4) is 11.5 Å². The summed E-state index contributed by atoms with van der Waals surface area (Å²) in [5.41, 5.74) is 0.454. The maximum Gasteiger partial charge on any atom is 0.295 e. The number of thiophene rings is 1. The molecule has 3 rings (SSSR count). The standard InChI is InChI=1S/C24H30N2O5S/c1-5-30-16-10-11-17(18(15-16)31-6-2)22(27)20-21(19-9-7-14-32-19)26(24(29)23(20)28)13-8-12-25(3)4/h7,9-11,14-15,21,27H,5-6,8,12-13H2,1-4H3/b22-20-. The van der Waals surface area contributed by atoms with Crippen LogP contribution < -0.4 is 9.47 Å². The van der Waals surface area contributed by atoms with Crippen molar-refractivity contribution in [2.24, 2.45) is 0 Å². The first kappa shape index (κ1) is 23.8. The van der Waals surface area contributed by atoms with Crippen LogP contribution in [0.15, 0.2) is 41.3 Å². The zero-order valence-corrected chi connectivity index (χ0v) is 19.8. The molecular weight excluding hydrogens is 428 g/mol. The molecule has 7 nitrogen and oxygen atoms in total. The fourth-order valence-corrected chi connectivity index (χ4v) is 4.63. The molecule has 1 fully saturated rings. The highest BCUT2D eigenvalue weighted by Crippen LogP contribution is 2.42. The van der Waals surface area contributed by atoms with Crippen LogP contribution in [0.4, 0.5) is 0 Å². The first-order chi connectivity index (χ1) is 15.4. The van der Waals surface area contributed by atoms with E-state index in [4.69, 9.17) is 9.47 Å². The van der Waals surface area contributed by atoms with Gasteiger partial charge in [-0.15, -0.1) is 11.3 Å². The molecule has 172 valence electrons. The summed E-state index contributed by atoms with van der Waals surface area (Å²) in [6.07, 6.45) is 0.717. The number of benzene rings is 1. The van der Waals surface area contributed by atoms with Gasteiger partial charge in [-0.2, -0.15) is 0 Å². The third-order valence-electron chi connectivity index (χ3n) is 5.18. The van der Waals surface area contributed by atoms with Crippen LogP contribution in [0.1, 0.15) is 36.8 Å². The normalized spacial score (nSPS) is 17.9. The molecule has 2 aromatic rings. The van der Waals surface area contributed by atoms with Crippen LogP contribution in [0.5, 0.6) is 11.5 Å². The van der Waals surface area contributed by atoms with E-state index in [-0.39, 0.29) is 11.3 Å². The van der Waals surface area contributed by atoms with Gasteiger partial charge in [-0.3, -0.25) is 9.59 Å². The van der Waals surface area contributed by atoms with Crippen LogP contribution in [0.25, 0.3) is 5.76 Å². The summed E-state index contributed by atoms with van der Waals surface area (Å²) < 4.78 is 11.3. The second-order valence-electron chi connectivity index (χ2n) is 7.69. The molecule has 1 aliphatic rings. The molecule has 1 atom stereocenters. The summed E-state index contributed by atoms with van der Waals surface area (Å²) in [4.78, 5) is 30.5. The number of ketones is 1. The fourth-order valence-electron chi connectivity index (χ4n) is 3.79. The number of aliphatic hydroxyl groups excluding tert-OH is 1. The average molecular weight is 459 g/mol. The summed E-state index contributed by atoms with van der Waals surface area (Å²) in [5, 5.41) is 13.2. The maximum atomic E-state index is 13.1. The zero-order valence-electron chi connectivity index (χ0n) is 19.0. The fraction of sp³-hybridized carbons (Fsp3) is 0.417. The molecule has 2 heterocycles. The second-order valence-corrected chi connectivity index (χ2v) is 8.67. The molecule has 1 unspecified atom stereocenters. The van der Waals surface area contributed by atoms with E-state index in [1.165, 1.54) is 11.3 Å². The summed E-state index contributed by atoms with van der Waals surface area (Å²) in [6.45, 7) is 5.80. The highest BCUT2D eigenvalue weighted by molar-refractivity contribution is 7.10. The lowest BCUT2D eigenvalue weighted by atomic mass is 9.99. The Morgan fingerprint density at radius 3 is 2.53 bits per heavy atom. The molecule has 8 heteroatoms. The van der Waals surface area contributed by atoms with Crippen LogP contribution >= 0.6 is 11.3 Å². The van der Waals surface area contributed by atoms with Crippen molar-refractivity contribution in [1.29, 1.82) is 0 Å². The number of carbonyl (C=O) groups excluding carboxylic acids is 2. The number of aliphatic hydroxyl groups is 1. The Hall–Kier alpha value is -2.84. The molecule has 0 saturated carbocycles. The van der Waals surface area contributed by atoms with Crippen LogP contribution in [0.2, 0.25) is 0 Å². The molecular formula is C24H30N2O5S. The lowest BCUT2D eigenvalue weighted by Gasteiger charge is -2.25. The largest absolute Gasteiger partial charge is 0.507 e. The number of likely N-dealkylation sites (tertiary alicyclic amines) is 1. The van der Waals surface area contributed by atoms with Crippen molar-refractivity contribution in [3.63, 3.8) is 0 Å². The van der Waals surface area contributed by atoms with Gasteiger partial charge in [0.25, 0.3) is 11.7 Å². The Kier molecular flexibility index (Phi) is 7.93. The molecule has 32 heavy (non-hydrogen) atoms. The van der Waals surface area contributed by atoms with Crippen molar-refractivity contribution in [2.45, 2.75) is 26.3 Å². The van der Waals surface area contributed by atoms with Gasteiger partial charge in [0.1, 0.15) is 17.3 Å². The first-order valence-electron chi connectivity index (χ1n) is 10.8. The quantitative estimate of drug-likeness (QED) is 0.330. The molecule has 1 aromatic heterocycles. The molecule has 1 amide bonds. The predicted molar refractivity (Wildman–Crippen MR) is 125 cm³/mol. The average Bonchev–Trinajstić information content (AvgIpc) is 3.36. The first-order valence-corrected chi connectivity index (χ1v) is 11.6. The maximum absolute atomic E-state index is 13.1. The van der Waals surface area contributed by atoms with E-state index in [2.05, 4.69) is 0 Å². The molecule has 0 aliphatic carbocycles. The minimum absolute atomic E-state index is 0.0902. The van der Waals surface area contributed by atoms with Crippen molar-refractivity contribution in [1.82, 2.24) is 9.80 Å². The van der Waals surface area contributed by atoms with Crippen LogP contribution in [0.3, 0.4) is 0 Å². The van der Waals surface area contributed by atoms with Gasteiger partial charge in [0.15, 0.2) is 0 Å². The number of nitrogens with zero attached hydrogens (tertiary/aromatic N) is 2. The number of carbonyl (C=O) groups is 2. The molecule has 1 saturated heterocycles. The molecule has 1 aliphatic heterocycles. The van der Waals surface area contributed by atoms with Gasteiger partial charge >= 0.3 is 0 Å². The monoisotopic (exact) mass is 458 g/mol. The number of Topliss-reactive ketones (excluding diaryl/α,β-unsaturated/α-hetero) is 1. The van der Waals surface area contributed by atoms with Gasteiger partial charge in [0.2, 0.25) is 0 Å². The number of rotatable bonds is 10. The summed E-state index contributed by atoms with van der Waals surface area (Å²) in [5.74, 6) is -0.496. The predicted octanol–water partition coefficient (Wildman–Crippen LogP) is 3.92. The molecule has 0 radical (unpaired) electrons. The smallest absolute Gasteiger partial charge is 0.295 e.